The molecule has 1 aromatic carbocycles. The summed E-state index contributed by atoms with van der Waals surface area (Å²) >= 11 is 0. The first-order valence-electron chi connectivity index (χ1n) is 9.87. The number of carbonyl (C=O) groups excluding carboxylic acids is 1. The zero-order valence-corrected chi connectivity index (χ0v) is 17.8. The Morgan fingerprint density at radius 1 is 1.24 bits per heavy atom. The molecule has 158 valence electrons. The van der Waals surface area contributed by atoms with Crippen LogP contribution in [-0.4, -0.2) is 78.9 Å². The van der Waals surface area contributed by atoms with E-state index < -0.39 is 0 Å². The third-order valence-corrected chi connectivity index (χ3v) is 4.25. The Morgan fingerprint density at radius 3 is 2.69 bits per heavy atom. The van der Waals surface area contributed by atoms with Crippen LogP contribution in [0.15, 0.2) is 47.7 Å². The molecule has 0 unspecified atom stereocenters. The van der Waals surface area contributed by atoms with Crippen molar-refractivity contribution < 1.29 is 9.53 Å². The van der Waals surface area contributed by atoms with E-state index >= 15 is 0 Å². The van der Waals surface area contributed by atoms with Gasteiger partial charge in [0.1, 0.15) is 6.54 Å². The molecule has 8 nitrogen and oxygen atoms in total. The lowest BCUT2D eigenvalue weighted by Gasteiger charge is -2.22. The molecule has 0 radical (unpaired) electrons. The molecule has 0 aliphatic carbocycles. The van der Waals surface area contributed by atoms with Crippen LogP contribution in [0.2, 0.25) is 0 Å². The van der Waals surface area contributed by atoms with Crippen molar-refractivity contribution in [3.8, 4) is 5.69 Å². The second-order valence-corrected chi connectivity index (χ2v) is 6.89. The number of rotatable bonds is 10. The monoisotopic (exact) mass is 400 g/mol. The first-order chi connectivity index (χ1) is 14.0. The van der Waals surface area contributed by atoms with Crippen LogP contribution in [0.4, 0.5) is 0 Å². The van der Waals surface area contributed by atoms with E-state index in [9.17, 15) is 4.79 Å². The zero-order valence-electron chi connectivity index (χ0n) is 17.8. The molecule has 0 bridgehead atoms. The molecule has 2 rings (SSSR count). The minimum atomic E-state index is -0.0380. The molecule has 0 aliphatic rings. The molecule has 1 amide bonds. The number of hydrogen-bond donors (Lipinski definition) is 1. The Kier molecular flexibility index (Phi) is 9.17. The van der Waals surface area contributed by atoms with Crippen molar-refractivity contribution in [3.05, 3.63) is 48.3 Å². The molecule has 0 fully saturated rings. The van der Waals surface area contributed by atoms with Gasteiger partial charge < -0.3 is 19.9 Å². The summed E-state index contributed by atoms with van der Waals surface area (Å²) in [7, 11) is 5.41. The van der Waals surface area contributed by atoms with Crippen molar-refractivity contribution in [1.82, 2.24) is 24.9 Å². The maximum atomic E-state index is 11.9. The van der Waals surface area contributed by atoms with E-state index in [0.717, 1.165) is 24.2 Å². The number of likely N-dealkylation sites (N-methyl/N-ethyl adjacent to an activating group) is 1. The normalized spacial score (nSPS) is 11.4. The molecule has 29 heavy (non-hydrogen) atoms. The number of guanidine groups is 1. The first-order valence-corrected chi connectivity index (χ1v) is 9.87. The first kappa shape index (κ1) is 22.4. The number of nitrogens with one attached hydrogen (secondary N) is 1. The molecule has 8 heteroatoms. The summed E-state index contributed by atoms with van der Waals surface area (Å²) in [5.74, 6) is 0.646. The quantitative estimate of drug-likeness (QED) is 0.374. The summed E-state index contributed by atoms with van der Waals surface area (Å²) < 4.78 is 7.23. The van der Waals surface area contributed by atoms with Crippen LogP contribution in [0.3, 0.4) is 0 Å². The van der Waals surface area contributed by atoms with Crippen LogP contribution >= 0.6 is 0 Å². The predicted molar refractivity (Wildman–Crippen MR) is 115 cm³/mol. The fourth-order valence-corrected chi connectivity index (χ4v) is 2.63. The highest BCUT2D eigenvalue weighted by atomic mass is 16.5. The second-order valence-electron chi connectivity index (χ2n) is 6.89. The molecule has 1 aromatic heterocycles. The lowest BCUT2D eigenvalue weighted by molar-refractivity contribution is -0.127. The van der Waals surface area contributed by atoms with Gasteiger partial charge in [-0.15, -0.1) is 0 Å². The van der Waals surface area contributed by atoms with Gasteiger partial charge in [-0.25, -0.2) is 9.67 Å². The summed E-state index contributed by atoms with van der Waals surface area (Å²) in [6.45, 7) is 4.85. The molecule has 0 aliphatic heterocycles. The van der Waals surface area contributed by atoms with Crippen LogP contribution in [-0.2, 0) is 16.1 Å². The van der Waals surface area contributed by atoms with E-state index in [4.69, 9.17) is 4.74 Å². The Hall–Kier alpha value is -2.87. The summed E-state index contributed by atoms with van der Waals surface area (Å²) in [6.07, 6.45) is 4.72. The average molecular weight is 401 g/mol. The summed E-state index contributed by atoms with van der Waals surface area (Å²) in [5.41, 5.74) is 2.07. The van der Waals surface area contributed by atoms with Crippen LogP contribution in [0.1, 0.15) is 18.9 Å². The van der Waals surface area contributed by atoms with Crippen molar-refractivity contribution in [3.63, 3.8) is 0 Å². The van der Waals surface area contributed by atoms with Gasteiger partial charge in [0.2, 0.25) is 5.91 Å². The van der Waals surface area contributed by atoms with E-state index in [1.165, 1.54) is 0 Å². The minimum Gasteiger partial charge on any atom is -0.382 e. The number of amides is 1. The van der Waals surface area contributed by atoms with Crippen LogP contribution in [0.25, 0.3) is 5.69 Å². The fraction of sp³-hybridized carbons (Fsp3) is 0.476. The highest BCUT2D eigenvalue weighted by Gasteiger charge is 2.11. The van der Waals surface area contributed by atoms with Crippen molar-refractivity contribution in [2.45, 2.75) is 19.9 Å². The van der Waals surface area contributed by atoms with Gasteiger partial charge in [-0.1, -0.05) is 18.2 Å². The standard InChI is InChI=1S/C21H32N6O2/c1-5-29-13-9-12-22-21(23-15-20(28)25(2)3)26(4)16-18-14-24-27(17-18)19-10-7-6-8-11-19/h6-8,10-11,14,17H,5,9,12-13,15-16H2,1-4H3,(H,22,23). The maximum absolute atomic E-state index is 11.9. The van der Waals surface area contributed by atoms with E-state index in [1.807, 2.05) is 66.3 Å². The van der Waals surface area contributed by atoms with Gasteiger partial charge in [0.15, 0.2) is 5.96 Å². The fourth-order valence-electron chi connectivity index (χ4n) is 2.63. The molecular weight excluding hydrogens is 368 g/mol. The van der Waals surface area contributed by atoms with Crippen LogP contribution in [0.5, 0.6) is 0 Å². The molecule has 0 atom stereocenters. The topological polar surface area (TPSA) is 75.0 Å². The number of aromatic nitrogens is 2. The third kappa shape index (κ3) is 7.57. The zero-order chi connectivity index (χ0) is 21.1. The van der Waals surface area contributed by atoms with Gasteiger partial charge in [-0.2, -0.15) is 5.10 Å². The number of hydrogen-bond acceptors (Lipinski definition) is 4. The molecule has 0 saturated heterocycles. The molecule has 1 heterocycles. The van der Waals surface area contributed by atoms with E-state index in [-0.39, 0.29) is 12.5 Å². The molecule has 2 aromatic rings. The Labute approximate surface area is 173 Å². The SMILES string of the molecule is CCOCCCNC(=NCC(=O)N(C)C)N(C)Cc1cnn(-c2ccccc2)c1. The lowest BCUT2D eigenvalue weighted by atomic mass is 10.3. The molecular formula is C21H32N6O2. The van der Waals surface area contributed by atoms with Crippen molar-refractivity contribution >= 4 is 11.9 Å². The van der Waals surface area contributed by atoms with Crippen molar-refractivity contribution in [2.75, 3.05) is 47.4 Å². The second kappa shape index (κ2) is 11.9. The highest BCUT2D eigenvalue weighted by Crippen LogP contribution is 2.09. The largest absolute Gasteiger partial charge is 0.382 e. The number of benzene rings is 1. The average Bonchev–Trinajstić information content (AvgIpc) is 3.18. The van der Waals surface area contributed by atoms with Gasteiger partial charge >= 0.3 is 0 Å². The van der Waals surface area contributed by atoms with Crippen molar-refractivity contribution in [2.24, 2.45) is 4.99 Å². The Balaban J connectivity index is 2.01. The summed E-state index contributed by atoms with van der Waals surface area (Å²) in [5, 5.41) is 7.77. The van der Waals surface area contributed by atoms with Crippen LogP contribution < -0.4 is 5.32 Å². The number of nitrogens with zero attached hydrogens (tertiary/aromatic N) is 5. The number of aliphatic imine (C=N–C) groups is 1. The highest BCUT2D eigenvalue weighted by molar-refractivity contribution is 5.84. The molecule has 0 spiro atoms. The van der Waals surface area contributed by atoms with E-state index in [1.54, 1.807) is 19.0 Å². The van der Waals surface area contributed by atoms with Crippen LogP contribution in [0, 0.1) is 0 Å². The molecule has 1 N–H and O–H groups in total. The Bertz CT molecular complexity index is 772. The van der Waals surface area contributed by atoms with E-state index in [0.29, 0.717) is 25.7 Å². The summed E-state index contributed by atoms with van der Waals surface area (Å²) in [6, 6.07) is 9.99. The number of para-hydroxylation sites is 1. The maximum Gasteiger partial charge on any atom is 0.243 e. The molecule has 0 saturated carbocycles. The smallest absolute Gasteiger partial charge is 0.243 e. The lowest BCUT2D eigenvalue weighted by Crippen LogP contribution is -2.40. The van der Waals surface area contributed by atoms with Gasteiger partial charge in [-0.05, 0) is 25.5 Å². The third-order valence-electron chi connectivity index (χ3n) is 4.25. The summed E-state index contributed by atoms with van der Waals surface area (Å²) in [4.78, 5) is 20.0. The predicted octanol–water partition coefficient (Wildman–Crippen LogP) is 1.76. The van der Waals surface area contributed by atoms with Gasteiger partial charge in [-0.3, -0.25) is 4.79 Å². The number of ether oxygens (including phenoxy) is 1. The van der Waals surface area contributed by atoms with Gasteiger partial charge in [0.25, 0.3) is 0 Å². The van der Waals surface area contributed by atoms with Gasteiger partial charge in [0, 0.05) is 59.2 Å². The van der Waals surface area contributed by atoms with E-state index in [2.05, 4.69) is 15.4 Å². The van der Waals surface area contributed by atoms with Crippen molar-refractivity contribution in [1.29, 1.82) is 0 Å². The Morgan fingerprint density at radius 2 is 2.00 bits per heavy atom. The number of carbonyl (C=O) groups is 1. The minimum absolute atomic E-state index is 0.0380. The van der Waals surface area contributed by atoms with Gasteiger partial charge in [0.05, 0.1) is 11.9 Å².